The van der Waals surface area contributed by atoms with E-state index in [4.69, 9.17) is 14.2 Å². The Bertz CT molecular complexity index is 1160. The fraction of sp³-hybridized carbons (Fsp3) is 0.107. The van der Waals surface area contributed by atoms with E-state index in [2.05, 4.69) is 5.32 Å². The molecule has 1 amide bonds. The van der Waals surface area contributed by atoms with Crippen molar-refractivity contribution in [2.24, 2.45) is 0 Å². The zero-order chi connectivity index (χ0) is 22.7. The highest BCUT2D eigenvalue weighted by Gasteiger charge is 2.13. The molecule has 166 valence electrons. The van der Waals surface area contributed by atoms with Crippen LogP contribution in [0.25, 0.3) is 0 Å². The average Bonchev–Trinajstić information content (AvgIpc) is 2.87. The summed E-state index contributed by atoms with van der Waals surface area (Å²) in [6.45, 7) is 1.16. The van der Waals surface area contributed by atoms with Crippen LogP contribution in [0.1, 0.15) is 15.9 Å². The normalized spacial score (nSPS) is 10.3. The number of rotatable bonds is 10. The molecule has 0 aliphatic carbocycles. The Balaban J connectivity index is 1.33. The van der Waals surface area contributed by atoms with Crippen molar-refractivity contribution in [2.45, 2.75) is 6.61 Å². The van der Waals surface area contributed by atoms with Crippen molar-refractivity contribution >= 4 is 11.6 Å². The van der Waals surface area contributed by atoms with Gasteiger partial charge in [-0.3, -0.25) is 4.79 Å². The summed E-state index contributed by atoms with van der Waals surface area (Å²) in [5, 5.41) is 2.92. The van der Waals surface area contributed by atoms with Crippen molar-refractivity contribution in [3.63, 3.8) is 0 Å². The van der Waals surface area contributed by atoms with Crippen molar-refractivity contribution in [3.8, 4) is 17.2 Å². The third kappa shape index (κ3) is 6.61. The monoisotopic (exact) mass is 439 g/mol. The van der Waals surface area contributed by atoms with E-state index < -0.39 is 0 Å². The Morgan fingerprint density at radius 1 is 0.636 bits per heavy atom. The van der Waals surface area contributed by atoms with Crippen molar-refractivity contribution in [1.82, 2.24) is 0 Å². The van der Waals surface area contributed by atoms with Gasteiger partial charge in [0.2, 0.25) is 0 Å². The van der Waals surface area contributed by atoms with Gasteiger partial charge in [0.25, 0.3) is 5.91 Å². The molecule has 0 spiro atoms. The van der Waals surface area contributed by atoms with Crippen LogP contribution in [0.5, 0.6) is 17.2 Å². The lowest BCUT2D eigenvalue weighted by Crippen LogP contribution is -2.15. The molecule has 0 fully saturated rings. The highest BCUT2D eigenvalue weighted by atomic mass is 16.5. The second-order valence-electron chi connectivity index (χ2n) is 7.26. The van der Waals surface area contributed by atoms with Crippen LogP contribution in [0.15, 0.2) is 109 Å². The molecule has 33 heavy (non-hydrogen) atoms. The Hall–Kier alpha value is -4.25. The zero-order valence-electron chi connectivity index (χ0n) is 18.1. The predicted molar refractivity (Wildman–Crippen MR) is 129 cm³/mol. The minimum atomic E-state index is -0.255. The number of anilines is 1. The Labute approximate surface area is 193 Å². The SMILES string of the molecule is O=C(Nc1cccc(OCc2ccccc2)c1)c1ccccc1OCCOc1ccccc1. The van der Waals surface area contributed by atoms with Crippen LogP contribution in [0.2, 0.25) is 0 Å². The molecule has 0 heterocycles. The van der Waals surface area contributed by atoms with Crippen molar-refractivity contribution in [2.75, 3.05) is 18.5 Å². The summed E-state index contributed by atoms with van der Waals surface area (Å²) in [5.41, 5.74) is 2.18. The van der Waals surface area contributed by atoms with Crippen molar-refractivity contribution < 1.29 is 19.0 Å². The predicted octanol–water partition coefficient (Wildman–Crippen LogP) is 5.98. The first-order valence-corrected chi connectivity index (χ1v) is 10.8. The van der Waals surface area contributed by atoms with Gasteiger partial charge in [-0.25, -0.2) is 0 Å². The Kier molecular flexibility index (Phi) is 7.58. The van der Waals surface area contributed by atoms with E-state index in [0.29, 0.717) is 42.6 Å². The average molecular weight is 440 g/mol. The minimum Gasteiger partial charge on any atom is -0.490 e. The summed E-state index contributed by atoms with van der Waals surface area (Å²) in [5.74, 6) is 1.71. The maximum Gasteiger partial charge on any atom is 0.259 e. The smallest absolute Gasteiger partial charge is 0.259 e. The molecule has 5 heteroatoms. The molecule has 1 N–H and O–H groups in total. The quantitative estimate of drug-likeness (QED) is 0.309. The van der Waals surface area contributed by atoms with E-state index in [1.54, 1.807) is 18.2 Å². The van der Waals surface area contributed by atoms with E-state index in [1.807, 2.05) is 91.0 Å². The highest BCUT2D eigenvalue weighted by molar-refractivity contribution is 6.06. The standard InChI is InChI=1S/C28H25NO4/c30-28(29-23-12-9-15-25(20-23)33-21-22-10-3-1-4-11-22)26-16-7-8-17-27(26)32-19-18-31-24-13-5-2-6-14-24/h1-17,20H,18-19,21H2,(H,29,30). The summed E-state index contributed by atoms with van der Waals surface area (Å²) in [6.07, 6.45) is 0. The molecule has 0 aliphatic heterocycles. The first-order valence-electron chi connectivity index (χ1n) is 10.8. The van der Waals surface area contributed by atoms with Gasteiger partial charge < -0.3 is 19.5 Å². The third-order valence-corrected chi connectivity index (χ3v) is 4.82. The van der Waals surface area contributed by atoms with E-state index in [-0.39, 0.29) is 5.91 Å². The van der Waals surface area contributed by atoms with Gasteiger partial charge in [0.05, 0.1) is 5.56 Å². The molecule has 0 unspecified atom stereocenters. The van der Waals surface area contributed by atoms with Crippen LogP contribution in [-0.2, 0) is 6.61 Å². The molecule has 0 aromatic heterocycles. The number of para-hydroxylation sites is 2. The second kappa shape index (κ2) is 11.4. The Morgan fingerprint density at radius 2 is 1.30 bits per heavy atom. The molecular formula is C28H25NO4. The van der Waals surface area contributed by atoms with Crippen LogP contribution in [0.3, 0.4) is 0 Å². The summed E-state index contributed by atoms with van der Waals surface area (Å²) in [6, 6.07) is 34.0. The Morgan fingerprint density at radius 3 is 2.12 bits per heavy atom. The third-order valence-electron chi connectivity index (χ3n) is 4.82. The van der Waals surface area contributed by atoms with Gasteiger partial charge >= 0.3 is 0 Å². The van der Waals surface area contributed by atoms with Gasteiger partial charge in [-0.05, 0) is 42.0 Å². The fourth-order valence-corrected chi connectivity index (χ4v) is 3.21. The number of nitrogens with one attached hydrogen (secondary N) is 1. The molecular weight excluding hydrogens is 414 g/mol. The topological polar surface area (TPSA) is 56.8 Å². The fourth-order valence-electron chi connectivity index (χ4n) is 3.21. The minimum absolute atomic E-state index is 0.255. The summed E-state index contributed by atoms with van der Waals surface area (Å²) in [7, 11) is 0. The van der Waals surface area contributed by atoms with Gasteiger partial charge in [0, 0.05) is 11.8 Å². The van der Waals surface area contributed by atoms with Gasteiger partial charge in [-0.15, -0.1) is 0 Å². The maximum atomic E-state index is 12.9. The largest absolute Gasteiger partial charge is 0.490 e. The van der Waals surface area contributed by atoms with Crippen molar-refractivity contribution in [3.05, 3.63) is 120 Å². The van der Waals surface area contributed by atoms with Crippen molar-refractivity contribution in [1.29, 1.82) is 0 Å². The van der Waals surface area contributed by atoms with E-state index in [9.17, 15) is 4.79 Å². The molecule has 4 rings (SSSR count). The number of carbonyl (C=O) groups is 1. The van der Waals surface area contributed by atoms with Crippen LogP contribution >= 0.6 is 0 Å². The van der Waals surface area contributed by atoms with Crippen LogP contribution in [0.4, 0.5) is 5.69 Å². The van der Waals surface area contributed by atoms with Crippen LogP contribution < -0.4 is 19.5 Å². The lowest BCUT2D eigenvalue weighted by atomic mass is 10.2. The first-order chi connectivity index (χ1) is 16.3. The number of benzene rings is 4. The molecule has 0 bridgehead atoms. The molecule has 4 aromatic rings. The molecule has 0 radical (unpaired) electrons. The summed E-state index contributed by atoms with van der Waals surface area (Å²) >= 11 is 0. The van der Waals surface area contributed by atoms with Gasteiger partial charge in [0.1, 0.15) is 37.1 Å². The summed E-state index contributed by atoms with van der Waals surface area (Å²) < 4.78 is 17.3. The number of ether oxygens (including phenoxy) is 3. The van der Waals surface area contributed by atoms with E-state index >= 15 is 0 Å². The lowest BCUT2D eigenvalue weighted by molar-refractivity contribution is 0.102. The van der Waals surface area contributed by atoms with Crippen LogP contribution in [-0.4, -0.2) is 19.1 Å². The van der Waals surface area contributed by atoms with Gasteiger partial charge in [0.15, 0.2) is 0 Å². The maximum absolute atomic E-state index is 12.9. The van der Waals surface area contributed by atoms with E-state index in [0.717, 1.165) is 11.3 Å². The summed E-state index contributed by atoms with van der Waals surface area (Å²) in [4.78, 5) is 12.9. The molecule has 5 nitrogen and oxygen atoms in total. The molecule has 0 saturated carbocycles. The van der Waals surface area contributed by atoms with Gasteiger partial charge in [-0.1, -0.05) is 66.7 Å². The number of hydrogen-bond acceptors (Lipinski definition) is 4. The van der Waals surface area contributed by atoms with Crippen LogP contribution in [0, 0.1) is 0 Å². The highest BCUT2D eigenvalue weighted by Crippen LogP contribution is 2.22. The van der Waals surface area contributed by atoms with Gasteiger partial charge in [-0.2, -0.15) is 0 Å². The molecule has 4 aromatic carbocycles. The second-order valence-corrected chi connectivity index (χ2v) is 7.26. The zero-order valence-corrected chi connectivity index (χ0v) is 18.1. The lowest BCUT2D eigenvalue weighted by Gasteiger charge is -2.13. The number of amides is 1. The first kappa shape index (κ1) is 22.0. The van der Waals surface area contributed by atoms with E-state index in [1.165, 1.54) is 0 Å². The number of carbonyl (C=O) groups excluding carboxylic acids is 1. The molecule has 0 atom stereocenters. The molecule has 0 saturated heterocycles. The molecule has 0 aliphatic rings. The number of hydrogen-bond donors (Lipinski definition) is 1.